The highest BCUT2D eigenvalue weighted by Crippen LogP contribution is 2.29. The number of hydrogen-bond acceptors (Lipinski definition) is 5. The van der Waals surface area contributed by atoms with E-state index in [1.54, 1.807) is 24.0 Å². The van der Waals surface area contributed by atoms with E-state index in [4.69, 9.17) is 10.5 Å². The summed E-state index contributed by atoms with van der Waals surface area (Å²) in [6.07, 6.45) is 7.07. The molecule has 2 aromatic heterocycles. The number of nitrogens with zero attached hydrogens (tertiary/aromatic N) is 4. The number of nitrogens with two attached hydrogens (primary N) is 1. The molecular weight excluding hydrogens is 370 g/mol. The molecule has 1 fully saturated rings. The predicted molar refractivity (Wildman–Crippen MR) is 110 cm³/mol. The molecule has 1 aromatic carbocycles. The van der Waals surface area contributed by atoms with E-state index in [1.807, 2.05) is 35.0 Å². The number of carbonyl (C=O) groups excluding carboxylic acids is 1. The van der Waals surface area contributed by atoms with E-state index in [2.05, 4.69) is 9.88 Å². The van der Waals surface area contributed by atoms with Crippen molar-refractivity contribution in [3.05, 3.63) is 58.9 Å². The van der Waals surface area contributed by atoms with Crippen LogP contribution in [0.3, 0.4) is 0 Å². The number of fused-ring (bicyclic) bond motifs is 1. The first-order chi connectivity index (χ1) is 14.0. The molecule has 1 aliphatic rings. The van der Waals surface area contributed by atoms with E-state index in [9.17, 15) is 9.59 Å². The second kappa shape index (κ2) is 8.08. The molecule has 0 bridgehead atoms. The number of likely N-dealkylation sites (tertiary alicyclic amines) is 1. The van der Waals surface area contributed by atoms with Gasteiger partial charge in [-0.1, -0.05) is 6.07 Å². The highest BCUT2D eigenvalue weighted by atomic mass is 16.5. The van der Waals surface area contributed by atoms with Crippen LogP contribution in [0.1, 0.15) is 18.5 Å². The summed E-state index contributed by atoms with van der Waals surface area (Å²) in [5, 5.41) is 0.980. The second-order valence-corrected chi connectivity index (χ2v) is 7.48. The third-order valence-electron chi connectivity index (χ3n) is 5.39. The predicted octanol–water partition coefficient (Wildman–Crippen LogP) is 1.26. The highest BCUT2D eigenvalue weighted by molar-refractivity contribution is 5.87. The third kappa shape index (κ3) is 4.17. The molecule has 2 N–H and O–H groups in total. The molecule has 3 aromatic rings. The zero-order valence-electron chi connectivity index (χ0n) is 16.5. The third-order valence-corrected chi connectivity index (χ3v) is 5.39. The number of hydrogen-bond donors (Lipinski definition) is 1. The molecule has 0 saturated carbocycles. The maximum absolute atomic E-state index is 12.2. The van der Waals surface area contributed by atoms with E-state index < -0.39 is 0 Å². The standard InChI is InChI=1S/C21H25N5O3/c1-24-12-8-23-17(21(24)28)13-25-9-5-15(6-10-25)29-19-4-2-3-18-16(19)7-11-26(18)14-20(22)27/h2-4,7-8,11-12,15H,5-6,9-10,13-14H2,1H3,(H2,22,27). The molecule has 0 radical (unpaired) electrons. The van der Waals surface area contributed by atoms with Crippen molar-refractivity contribution >= 4 is 16.8 Å². The van der Waals surface area contributed by atoms with E-state index >= 15 is 0 Å². The average Bonchev–Trinajstić information content (AvgIpc) is 3.10. The minimum Gasteiger partial charge on any atom is -0.490 e. The first kappa shape index (κ1) is 19.2. The van der Waals surface area contributed by atoms with E-state index in [0.29, 0.717) is 12.2 Å². The number of rotatable bonds is 6. The lowest BCUT2D eigenvalue weighted by Crippen LogP contribution is -2.39. The van der Waals surface area contributed by atoms with Gasteiger partial charge < -0.3 is 19.6 Å². The fourth-order valence-corrected chi connectivity index (χ4v) is 3.84. The zero-order chi connectivity index (χ0) is 20.4. The fraction of sp³-hybridized carbons (Fsp3) is 0.381. The summed E-state index contributed by atoms with van der Waals surface area (Å²) in [6, 6.07) is 7.81. The summed E-state index contributed by atoms with van der Waals surface area (Å²) in [6.45, 7) is 2.41. The van der Waals surface area contributed by atoms with Gasteiger partial charge in [-0.3, -0.25) is 19.5 Å². The molecule has 3 heterocycles. The van der Waals surface area contributed by atoms with Crippen LogP contribution in [0, 0.1) is 0 Å². The van der Waals surface area contributed by atoms with Crippen molar-refractivity contribution in [1.29, 1.82) is 0 Å². The van der Waals surface area contributed by atoms with Gasteiger partial charge in [-0.2, -0.15) is 0 Å². The number of amides is 1. The van der Waals surface area contributed by atoms with Gasteiger partial charge in [-0.25, -0.2) is 0 Å². The van der Waals surface area contributed by atoms with Crippen molar-refractivity contribution in [1.82, 2.24) is 19.0 Å². The molecule has 0 unspecified atom stereocenters. The first-order valence-electron chi connectivity index (χ1n) is 9.77. The molecule has 1 amide bonds. The molecule has 152 valence electrons. The minimum absolute atomic E-state index is 0.0435. The summed E-state index contributed by atoms with van der Waals surface area (Å²) in [7, 11) is 1.74. The summed E-state index contributed by atoms with van der Waals surface area (Å²) >= 11 is 0. The Morgan fingerprint density at radius 3 is 2.79 bits per heavy atom. The molecule has 0 atom stereocenters. The summed E-state index contributed by atoms with van der Waals surface area (Å²) in [4.78, 5) is 29.9. The van der Waals surface area contributed by atoms with Gasteiger partial charge in [0, 0.05) is 50.7 Å². The second-order valence-electron chi connectivity index (χ2n) is 7.48. The summed E-state index contributed by atoms with van der Waals surface area (Å²) < 4.78 is 9.68. The summed E-state index contributed by atoms with van der Waals surface area (Å²) in [5.41, 5.74) is 6.80. The number of carbonyl (C=O) groups is 1. The Kier molecular flexibility index (Phi) is 5.35. The largest absolute Gasteiger partial charge is 0.490 e. The lowest BCUT2D eigenvalue weighted by Gasteiger charge is -2.31. The highest BCUT2D eigenvalue weighted by Gasteiger charge is 2.22. The van der Waals surface area contributed by atoms with Gasteiger partial charge in [-0.05, 0) is 31.0 Å². The Balaban J connectivity index is 1.40. The lowest BCUT2D eigenvalue weighted by molar-refractivity contribution is -0.118. The van der Waals surface area contributed by atoms with Crippen LogP contribution in [-0.4, -0.2) is 44.1 Å². The van der Waals surface area contributed by atoms with Gasteiger partial charge in [0.15, 0.2) is 0 Å². The van der Waals surface area contributed by atoms with Crippen LogP contribution in [0.25, 0.3) is 10.9 Å². The molecule has 8 heteroatoms. The molecule has 4 rings (SSSR count). The molecule has 1 saturated heterocycles. The number of piperidine rings is 1. The number of aromatic nitrogens is 3. The van der Waals surface area contributed by atoms with Crippen LogP contribution in [-0.2, 0) is 24.9 Å². The molecule has 29 heavy (non-hydrogen) atoms. The quantitative estimate of drug-likeness (QED) is 0.678. The van der Waals surface area contributed by atoms with Gasteiger partial charge in [0.05, 0.1) is 5.52 Å². The first-order valence-corrected chi connectivity index (χ1v) is 9.77. The van der Waals surface area contributed by atoms with E-state index in [1.165, 1.54) is 0 Å². The van der Waals surface area contributed by atoms with Crippen molar-refractivity contribution in [3.8, 4) is 5.75 Å². The minimum atomic E-state index is -0.371. The number of benzene rings is 1. The van der Waals surface area contributed by atoms with Crippen molar-refractivity contribution < 1.29 is 9.53 Å². The fourth-order valence-electron chi connectivity index (χ4n) is 3.84. The van der Waals surface area contributed by atoms with Gasteiger partial charge >= 0.3 is 0 Å². The Morgan fingerprint density at radius 2 is 2.03 bits per heavy atom. The summed E-state index contributed by atoms with van der Waals surface area (Å²) in [5.74, 6) is 0.451. The topological polar surface area (TPSA) is 95.4 Å². The van der Waals surface area contributed by atoms with Crippen LogP contribution in [0.15, 0.2) is 47.7 Å². The molecule has 0 aliphatic carbocycles. The van der Waals surface area contributed by atoms with E-state index in [-0.39, 0.29) is 24.1 Å². The number of primary amides is 1. The van der Waals surface area contributed by atoms with Gasteiger partial charge in [0.25, 0.3) is 5.56 Å². The van der Waals surface area contributed by atoms with Gasteiger partial charge in [0.2, 0.25) is 5.91 Å². The Hall–Kier alpha value is -3.13. The monoisotopic (exact) mass is 395 g/mol. The smallest absolute Gasteiger partial charge is 0.273 e. The van der Waals surface area contributed by atoms with Gasteiger partial charge in [0.1, 0.15) is 24.1 Å². The van der Waals surface area contributed by atoms with E-state index in [0.717, 1.165) is 42.6 Å². The molecule has 0 spiro atoms. The Bertz CT molecular complexity index is 1080. The number of ether oxygens (including phenoxy) is 1. The normalized spacial score (nSPS) is 15.6. The van der Waals surface area contributed by atoms with Crippen LogP contribution in [0.5, 0.6) is 5.75 Å². The zero-order valence-corrected chi connectivity index (χ0v) is 16.5. The van der Waals surface area contributed by atoms with Crippen molar-refractivity contribution in [2.45, 2.75) is 32.0 Å². The van der Waals surface area contributed by atoms with Crippen LogP contribution < -0.4 is 16.0 Å². The van der Waals surface area contributed by atoms with Crippen molar-refractivity contribution in [2.75, 3.05) is 13.1 Å². The SMILES string of the molecule is Cn1ccnc(CN2CCC(Oc3cccc4c3ccn4CC(N)=O)CC2)c1=O. The maximum Gasteiger partial charge on any atom is 0.273 e. The van der Waals surface area contributed by atoms with Crippen LogP contribution >= 0.6 is 0 Å². The Morgan fingerprint density at radius 1 is 1.24 bits per heavy atom. The molecule has 1 aliphatic heterocycles. The molecule has 8 nitrogen and oxygen atoms in total. The van der Waals surface area contributed by atoms with Crippen molar-refractivity contribution in [3.63, 3.8) is 0 Å². The average molecular weight is 395 g/mol. The van der Waals surface area contributed by atoms with Crippen LogP contribution in [0.4, 0.5) is 0 Å². The molecular formula is C21H25N5O3. The van der Waals surface area contributed by atoms with Crippen molar-refractivity contribution in [2.24, 2.45) is 12.8 Å². The maximum atomic E-state index is 12.2. The van der Waals surface area contributed by atoms with Crippen LogP contribution in [0.2, 0.25) is 0 Å². The van der Waals surface area contributed by atoms with Gasteiger partial charge in [-0.15, -0.1) is 0 Å². The Labute approximate surface area is 168 Å². The lowest BCUT2D eigenvalue weighted by atomic mass is 10.1. The number of aryl methyl sites for hydroxylation is 1.